The summed E-state index contributed by atoms with van der Waals surface area (Å²) < 4.78 is 16.9. The highest BCUT2D eigenvalue weighted by Crippen LogP contribution is 2.38. The van der Waals surface area contributed by atoms with Crippen LogP contribution in [0, 0.1) is 0 Å². The summed E-state index contributed by atoms with van der Waals surface area (Å²) in [6.45, 7) is 8.11. The fourth-order valence-electron chi connectivity index (χ4n) is 4.22. The molecule has 0 radical (unpaired) electrons. The van der Waals surface area contributed by atoms with Crippen LogP contribution in [0.25, 0.3) is 0 Å². The Morgan fingerprint density at radius 2 is 1.53 bits per heavy atom. The molecule has 1 saturated heterocycles. The minimum atomic E-state index is -0.110. The first kappa shape index (κ1) is 22.7. The van der Waals surface area contributed by atoms with Crippen molar-refractivity contribution in [3.8, 4) is 17.2 Å². The second-order valence-electron chi connectivity index (χ2n) is 8.12. The largest absolute Gasteiger partial charge is 0.493 e. The van der Waals surface area contributed by atoms with Gasteiger partial charge in [-0.1, -0.05) is 12.8 Å². The predicted molar refractivity (Wildman–Crippen MR) is 118 cm³/mol. The van der Waals surface area contributed by atoms with E-state index in [1.165, 1.54) is 32.4 Å². The number of nitrogens with one attached hydrogen (secondary N) is 1. The highest BCUT2D eigenvalue weighted by molar-refractivity contribution is 5.95. The van der Waals surface area contributed by atoms with Crippen molar-refractivity contribution in [3.63, 3.8) is 0 Å². The van der Waals surface area contributed by atoms with Crippen molar-refractivity contribution >= 4 is 5.91 Å². The monoisotopic (exact) mass is 419 g/mol. The molecule has 2 aliphatic heterocycles. The van der Waals surface area contributed by atoms with Crippen LogP contribution in [-0.4, -0.2) is 82.3 Å². The van der Waals surface area contributed by atoms with E-state index in [4.69, 9.17) is 14.2 Å². The number of rotatable bonds is 2. The normalized spacial score (nSPS) is 24.4. The number of benzene rings is 1. The van der Waals surface area contributed by atoms with Gasteiger partial charge in [-0.25, -0.2) is 0 Å². The summed E-state index contributed by atoms with van der Waals surface area (Å²) in [7, 11) is 3.17. The standard InChI is InChI=1S/C23H37N3O4/c1-28-20-17-19-18-21(22(20)29-2)30-16-6-4-3-5-10-25-12-8-13-26(15-14-25)11-7-9-24-23(19)27/h17-18H,3-16H2,1-2H3,(H,24,27). The Morgan fingerprint density at radius 3 is 2.27 bits per heavy atom. The molecule has 1 aromatic carbocycles. The number of methoxy groups -OCH3 is 2. The SMILES string of the molecule is COc1cc2cc(c1OC)OCCCCCCN1CCCN(CCCNC2=O)CC1. The molecule has 1 N–H and O–H groups in total. The van der Waals surface area contributed by atoms with Crippen LogP contribution < -0.4 is 19.5 Å². The van der Waals surface area contributed by atoms with E-state index in [-0.39, 0.29) is 5.91 Å². The zero-order valence-electron chi connectivity index (χ0n) is 18.6. The van der Waals surface area contributed by atoms with Crippen molar-refractivity contribution in [3.05, 3.63) is 17.7 Å². The molecule has 1 aromatic rings. The van der Waals surface area contributed by atoms with Crippen LogP contribution in [0.5, 0.6) is 17.2 Å². The second kappa shape index (κ2) is 12.0. The Kier molecular flexibility index (Phi) is 9.08. The van der Waals surface area contributed by atoms with Gasteiger partial charge in [-0.3, -0.25) is 4.79 Å². The zero-order chi connectivity index (χ0) is 21.2. The smallest absolute Gasteiger partial charge is 0.251 e. The lowest BCUT2D eigenvalue weighted by atomic mass is 10.1. The molecule has 4 bridgehead atoms. The lowest BCUT2D eigenvalue weighted by molar-refractivity contribution is 0.0950. The maximum atomic E-state index is 12.7. The molecule has 30 heavy (non-hydrogen) atoms. The summed E-state index contributed by atoms with van der Waals surface area (Å²) in [5.41, 5.74) is 0.533. The second-order valence-corrected chi connectivity index (χ2v) is 8.12. The third-order valence-corrected chi connectivity index (χ3v) is 5.95. The van der Waals surface area contributed by atoms with Gasteiger partial charge in [-0.05, 0) is 64.0 Å². The van der Waals surface area contributed by atoms with Gasteiger partial charge in [0.05, 0.1) is 20.8 Å². The molecule has 7 heteroatoms. The Labute approximate surface area is 180 Å². The molecule has 2 heterocycles. The van der Waals surface area contributed by atoms with Crippen molar-refractivity contribution in [2.75, 3.05) is 66.6 Å². The number of hydrogen-bond acceptors (Lipinski definition) is 6. The Bertz CT molecular complexity index is 683. The van der Waals surface area contributed by atoms with Gasteiger partial charge in [-0.15, -0.1) is 0 Å². The molecular formula is C23H37N3O4. The Hall–Kier alpha value is -1.99. The van der Waals surface area contributed by atoms with Crippen molar-refractivity contribution in [2.24, 2.45) is 0 Å². The van der Waals surface area contributed by atoms with Gasteiger partial charge >= 0.3 is 0 Å². The van der Waals surface area contributed by atoms with Gasteiger partial charge < -0.3 is 29.3 Å². The number of amides is 1. The van der Waals surface area contributed by atoms with Gasteiger partial charge in [0.2, 0.25) is 5.75 Å². The summed E-state index contributed by atoms with van der Waals surface area (Å²) in [5, 5.41) is 3.04. The number of nitrogens with zero attached hydrogens (tertiary/aromatic N) is 2. The van der Waals surface area contributed by atoms with E-state index in [0.29, 0.717) is 36.0 Å². The third kappa shape index (κ3) is 6.51. The van der Waals surface area contributed by atoms with Gasteiger partial charge in [0, 0.05) is 25.2 Å². The Morgan fingerprint density at radius 1 is 0.833 bits per heavy atom. The third-order valence-electron chi connectivity index (χ3n) is 5.95. The van der Waals surface area contributed by atoms with Gasteiger partial charge in [-0.2, -0.15) is 0 Å². The first-order valence-electron chi connectivity index (χ1n) is 11.3. The molecule has 0 spiro atoms. The molecule has 0 saturated carbocycles. The Balaban J connectivity index is 1.70. The molecule has 3 rings (SSSR count). The summed E-state index contributed by atoms with van der Waals surface area (Å²) in [6, 6.07) is 3.47. The van der Waals surface area contributed by atoms with E-state index in [1.807, 2.05) is 0 Å². The first-order valence-corrected chi connectivity index (χ1v) is 11.3. The van der Waals surface area contributed by atoms with E-state index in [2.05, 4.69) is 15.1 Å². The quantitative estimate of drug-likeness (QED) is 0.795. The highest BCUT2D eigenvalue weighted by Gasteiger charge is 2.18. The van der Waals surface area contributed by atoms with Crippen LogP contribution in [0.4, 0.5) is 0 Å². The molecule has 0 aromatic heterocycles. The molecule has 168 valence electrons. The fraction of sp³-hybridized carbons (Fsp3) is 0.696. The van der Waals surface area contributed by atoms with E-state index in [1.54, 1.807) is 26.4 Å². The van der Waals surface area contributed by atoms with E-state index in [9.17, 15) is 4.79 Å². The number of fused-ring (bicyclic) bond motifs is 5. The van der Waals surface area contributed by atoms with E-state index in [0.717, 1.165) is 45.4 Å². The fourth-order valence-corrected chi connectivity index (χ4v) is 4.22. The van der Waals surface area contributed by atoms with Gasteiger partial charge in [0.15, 0.2) is 11.5 Å². The van der Waals surface area contributed by atoms with Crippen molar-refractivity contribution in [2.45, 2.75) is 38.5 Å². The lowest BCUT2D eigenvalue weighted by Crippen LogP contribution is -2.33. The molecular weight excluding hydrogens is 382 g/mol. The maximum Gasteiger partial charge on any atom is 0.251 e. The van der Waals surface area contributed by atoms with Crippen LogP contribution in [0.3, 0.4) is 0 Å². The van der Waals surface area contributed by atoms with Crippen LogP contribution in [0.15, 0.2) is 12.1 Å². The molecule has 1 fully saturated rings. The molecule has 7 nitrogen and oxygen atoms in total. The first-order chi connectivity index (χ1) is 14.7. The van der Waals surface area contributed by atoms with Gasteiger partial charge in [0.25, 0.3) is 5.91 Å². The van der Waals surface area contributed by atoms with Gasteiger partial charge in [0.1, 0.15) is 0 Å². The maximum absolute atomic E-state index is 12.7. The number of carbonyl (C=O) groups excluding carboxylic acids is 1. The predicted octanol–water partition coefficient (Wildman–Crippen LogP) is 2.78. The van der Waals surface area contributed by atoms with Crippen molar-refractivity contribution in [1.29, 1.82) is 0 Å². The van der Waals surface area contributed by atoms with Crippen LogP contribution >= 0.6 is 0 Å². The minimum absolute atomic E-state index is 0.110. The molecule has 2 atom stereocenters. The average molecular weight is 420 g/mol. The molecule has 0 aliphatic carbocycles. The number of carbonyl (C=O) groups is 1. The topological polar surface area (TPSA) is 63.3 Å². The number of hydrogen-bond donors (Lipinski definition) is 1. The van der Waals surface area contributed by atoms with Crippen molar-refractivity contribution < 1.29 is 19.0 Å². The average Bonchev–Trinajstić information content (AvgIpc) is 2.99. The summed E-state index contributed by atoms with van der Waals surface area (Å²) in [4.78, 5) is 17.9. The zero-order valence-corrected chi connectivity index (χ0v) is 18.6. The lowest BCUT2D eigenvalue weighted by Gasteiger charge is -2.21. The minimum Gasteiger partial charge on any atom is -0.493 e. The molecule has 1 amide bonds. The van der Waals surface area contributed by atoms with E-state index < -0.39 is 0 Å². The van der Waals surface area contributed by atoms with Crippen LogP contribution in [0.1, 0.15) is 48.9 Å². The number of ether oxygens (including phenoxy) is 3. The summed E-state index contributed by atoms with van der Waals surface area (Å²) in [6.07, 6.45) is 6.75. The summed E-state index contributed by atoms with van der Waals surface area (Å²) in [5.74, 6) is 1.50. The summed E-state index contributed by atoms with van der Waals surface area (Å²) >= 11 is 0. The molecule has 2 aliphatic rings. The van der Waals surface area contributed by atoms with Crippen LogP contribution in [-0.2, 0) is 0 Å². The highest BCUT2D eigenvalue weighted by atomic mass is 16.5. The van der Waals surface area contributed by atoms with Crippen molar-refractivity contribution in [1.82, 2.24) is 15.1 Å². The molecule has 2 unspecified atom stereocenters. The van der Waals surface area contributed by atoms with Crippen LogP contribution in [0.2, 0.25) is 0 Å². The van der Waals surface area contributed by atoms with E-state index >= 15 is 0 Å².